The molecule has 0 unspecified atom stereocenters. The van der Waals surface area contributed by atoms with Crippen molar-refractivity contribution in [1.82, 2.24) is 14.5 Å². The van der Waals surface area contributed by atoms with E-state index in [9.17, 15) is 4.39 Å². The highest BCUT2D eigenvalue weighted by Crippen LogP contribution is 2.24. The molecule has 0 saturated carbocycles. The van der Waals surface area contributed by atoms with Crippen molar-refractivity contribution in [2.75, 3.05) is 0 Å². The number of imidazole rings is 1. The van der Waals surface area contributed by atoms with Crippen molar-refractivity contribution < 1.29 is 4.39 Å². The number of aromatic nitrogens is 3. The Bertz CT molecular complexity index is 841. The molecule has 96 valence electrons. The molecule has 7 heteroatoms. The first-order chi connectivity index (χ1) is 9.06. The van der Waals surface area contributed by atoms with Gasteiger partial charge in [-0.2, -0.15) is 0 Å². The van der Waals surface area contributed by atoms with Gasteiger partial charge in [-0.1, -0.05) is 0 Å². The van der Waals surface area contributed by atoms with Gasteiger partial charge in [0, 0.05) is 10.7 Å². The summed E-state index contributed by atoms with van der Waals surface area (Å²) >= 11 is 11.8. The molecule has 0 amide bonds. The van der Waals surface area contributed by atoms with E-state index >= 15 is 0 Å². The summed E-state index contributed by atoms with van der Waals surface area (Å²) in [5.74, 6) is -0.314. The fraction of sp³-hybridized carbons (Fsp3) is 0. The number of H-pyrrole nitrogens is 1. The minimum absolute atomic E-state index is 0.314. The first-order valence-electron chi connectivity index (χ1n) is 5.28. The quantitative estimate of drug-likeness (QED) is 0.596. The van der Waals surface area contributed by atoms with Crippen molar-refractivity contribution in [3.05, 3.63) is 50.0 Å². The van der Waals surface area contributed by atoms with Gasteiger partial charge in [0.25, 0.3) is 0 Å². The molecular weight excluding hydrogens is 397 g/mol. The number of hydrogen-bond donors (Lipinski definition) is 1. The van der Waals surface area contributed by atoms with E-state index in [2.05, 4.69) is 41.8 Å². The summed E-state index contributed by atoms with van der Waals surface area (Å²) in [7, 11) is 0. The molecule has 0 bridgehead atoms. The Morgan fingerprint density at radius 1 is 1.26 bits per heavy atom. The normalized spacial score (nSPS) is 11.1. The summed E-state index contributed by atoms with van der Waals surface area (Å²) in [5.41, 5.74) is 2.27. The highest BCUT2D eigenvalue weighted by atomic mass is 79.9. The van der Waals surface area contributed by atoms with Gasteiger partial charge in [-0.15, -0.1) is 0 Å². The predicted octanol–water partition coefficient (Wildman–Crippen LogP) is 4.75. The maximum absolute atomic E-state index is 13.3. The second-order valence-corrected chi connectivity index (χ2v) is 6.05. The molecule has 0 fully saturated rings. The van der Waals surface area contributed by atoms with E-state index in [-0.39, 0.29) is 5.82 Å². The van der Waals surface area contributed by atoms with Gasteiger partial charge in [-0.3, -0.25) is 4.57 Å². The van der Waals surface area contributed by atoms with Gasteiger partial charge in [-0.25, -0.2) is 9.37 Å². The molecule has 1 N–H and O–H groups in total. The minimum Gasteiger partial charge on any atom is -0.329 e. The SMILES string of the molecule is Fc1ccc(-n2c(=S)[nH]c3cc(Br)cnc32)cc1Br. The van der Waals surface area contributed by atoms with Gasteiger partial charge >= 0.3 is 0 Å². The standard InChI is InChI=1S/C12H6Br2FN3S/c13-6-3-10-11(16-5-6)18(12(19)17-10)7-1-2-9(15)8(14)4-7/h1-5H,(H,17,19). The molecule has 0 aliphatic rings. The third-order valence-corrected chi connectivity index (χ3v) is 3.98. The van der Waals surface area contributed by atoms with E-state index < -0.39 is 0 Å². The van der Waals surface area contributed by atoms with Crippen LogP contribution in [0.4, 0.5) is 4.39 Å². The Kier molecular flexibility index (Phi) is 3.28. The molecule has 2 heterocycles. The molecule has 0 aliphatic carbocycles. The average molecular weight is 403 g/mol. The Balaban J connectivity index is 2.32. The summed E-state index contributed by atoms with van der Waals surface area (Å²) < 4.78 is 16.8. The van der Waals surface area contributed by atoms with Crippen molar-refractivity contribution in [2.45, 2.75) is 0 Å². The maximum Gasteiger partial charge on any atom is 0.183 e. The maximum atomic E-state index is 13.3. The number of fused-ring (bicyclic) bond motifs is 1. The number of rotatable bonds is 1. The minimum atomic E-state index is -0.314. The van der Waals surface area contributed by atoms with E-state index in [1.165, 1.54) is 6.07 Å². The summed E-state index contributed by atoms with van der Waals surface area (Å²) in [6.07, 6.45) is 1.69. The summed E-state index contributed by atoms with van der Waals surface area (Å²) in [6.45, 7) is 0. The molecule has 1 aromatic carbocycles. The van der Waals surface area contributed by atoms with Crippen molar-refractivity contribution in [2.24, 2.45) is 0 Å². The molecular formula is C12H6Br2FN3S. The van der Waals surface area contributed by atoms with E-state index in [0.717, 1.165) is 15.7 Å². The molecule has 3 nitrogen and oxygen atoms in total. The highest BCUT2D eigenvalue weighted by Gasteiger charge is 2.10. The monoisotopic (exact) mass is 401 g/mol. The Hall–Kier alpha value is -1.05. The third kappa shape index (κ3) is 2.26. The van der Waals surface area contributed by atoms with Crippen LogP contribution in [0.15, 0.2) is 39.4 Å². The largest absolute Gasteiger partial charge is 0.329 e. The lowest BCUT2D eigenvalue weighted by Crippen LogP contribution is -1.96. The van der Waals surface area contributed by atoms with E-state index in [0.29, 0.717) is 14.9 Å². The summed E-state index contributed by atoms with van der Waals surface area (Å²) in [5, 5.41) is 0. The van der Waals surface area contributed by atoms with Gasteiger partial charge < -0.3 is 4.98 Å². The van der Waals surface area contributed by atoms with Crippen LogP contribution in [0.5, 0.6) is 0 Å². The third-order valence-electron chi connectivity index (χ3n) is 2.65. The Morgan fingerprint density at radius 2 is 2.05 bits per heavy atom. The number of nitrogens with zero attached hydrogens (tertiary/aromatic N) is 2. The molecule has 3 aromatic rings. The number of hydrogen-bond acceptors (Lipinski definition) is 2. The molecule has 0 spiro atoms. The van der Waals surface area contributed by atoms with E-state index in [1.54, 1.807) is 22.9 Å². The fourth-order valence-electron chi connectivity index (χ4n) is 1.83. The predicted molar refractivity (Wildman–Crippen MR) is 81.6 cm³/mol. The smallest absolute Gasteiger partial charge is 0.183 e. The first-order valence-corrected chi connectivity index (χ1v) is 7.27. The number of aromatic amines is 1. The Morgan fingerprint density at radius 3 is 2.79 bits per heavy atom. The Labute approximate surface area is 129 Å². The zero-order valence-electron chi connectivity index (χ0n) is 9.32. The number of pyridine rings is 1. The van der Waals surface area contributed by atoms with Gasteiger partial charge in [0.1, 0.15) is 5.82 Å². The first kappa shape index (κ1) is 13.0. The second-order valence-electron chi connectivity index (χ2n) is 3.89. The zero-order chi connectivity index (χ0) is 13.6. The van der Waals surface area contributed by atoms with Crippen LogP contribution in [0.25, 0.3) is 16.9 Å². The highest BCUT2D eigenvalue weighted by molar-refractivity contribution is 9.10. The molecule has 0 saturated heterocycles. The number of nitrogens with one attached hydrogen (secondary N) is 1. The lowest BCUT2D eigenvalue weighted by atomic mass is 10.3. The average Bonchev–Trinajstić information content (AvgIpc) is 2.68. The van der Waals surface area contributed by atoms with Crippen molar-refractivity contribution in [3.63, 3.8) is 0 Å². The van der Waals surface area contributed by atoms with Gasteiger partial charge in [0.05, 0.1) is 15.7 Å². The molecule has 3 rings (SSSR count). The van der Waals surface area contributed by atoms with E-state index in [4.69, 9.17) is 12.2 Å². The van der Waals surface area contributed by atoms with Gasteiger partial charge in [0.15, 0.2) is 10.4 Å². The lowest BCUT2D eigenvalue weighted by molar-refractivity contribution is 0.620. The van der Waals surface area contributed by atoms with Crippen LogP contribution in [0.3, 0.4) is 0 Å². The van der Waals surface area contributed by atoms with Gasteiger partial charge in [-0.05, 0) is 68.3 Å². The van der Waals surface area contributed by atoms with Crippen LogP contribution in [0.2, 0.25) is 0 Å². The molecule has 0 aliphatic heterocycles. The van der Waals surface area contributed by atoms with Gasteiger partial charge in [0.2, 0.25) is 0 Å². The second kappa shape index (κ2) is 4.81. The van der Waals surface area contributed by atoms with Crippen molar-refractivity contribution in [1.29, 1.82) is 0 Å². The summed E-state index contributed by atoms with van der Waals surface area (Å²) in [4.78, 5) is 7.42. The topological polar surface area (TPSA) is 33.6 Å². The lowest BCUT2D eigenvalue weighted by Gasteiger charge is -2.05. The van der Waals surface area contributed by atoms with Crippen LogP contribution in [-0.4, -0.2) is 14.5 Å². The number of halogens is 3. The van der Waals surface area contributed by atoms with Crippen LogP contribution in [0.1, 0.15) is 0 Å². The van der Waals surface area contributed by atoms with E-state index in [1.807, 2.05) is 6.07 Å². The molecule has 2 aromatic heterocycles. The van der Waals surface area contributed by atoms with Crippen LogP contribution < -0.4 is 0 Å². The van der Waals surface area contributed by atoms with Crippen molar-refractivity contribution in [3.8, 4) is 5.69 Å². The van der Waals surface area contributed by atoms with Crippen LogP contribution in [-0.2, 0) is 0 Å². The zero-order valence-corrected chi connectivity index (χ0v) is 13.3. The molecule has 19 heavy (non-hydrogen) atoms. The molecule has 0 atom stereocenters. The van der Waals surface area contributed by atoms with Crippen LogP contribution >= 0.6 is 44.1 Å². The van der Waals surface area contributed by atoms with Crippen LogP contribution in [0, 0.1) is 10.6 Å². The summed E-state index contributed by atoms with van der Waals surface area (Å²) in [6, 6.07) is 6.61. The fourth-order valence-corrected chi connectivity index (χ4v) is 2.83. The number of benzene rings is 1. The molecule has 0 radical (unpaired) electrons. The van der Waals surface area contributed by atoms with Crippen molar-refractivity contribution >= 4 is 55.2 Å².